The second-order valence-electron chi connectivity index (χ2n) is 3.56. The molecule has 100 valence electrons. The van der Waals surface area contributed by atoms with Gasteiger partial charge in [0.2, 0.25) is 0 Å². The number of esters is 1. The second-order valence-corrected chi connectivity index (χ2v) is 3.56. The number of methoxy groups -OCH3 is 1. The van der Waals surface area contributed by atoms with E-state index in [0.717, 1.165) is 5.69 Å². The zero-order valence-corrected chi connectivity index (χ0v) is 10.6. The van der Waals surface area contributed by atoms with E-state index < -0.39 is 5.97 Å². The van der Waals surface area contributed by atoms with Crippen LogP contribution >= 0.6 is 0 Å². The van der Waals surface area contributed by atoms with Crippen molar-refractivity contribution in [2.24, 2.45) is 5.73 Å². The lowest BCUT2D eigenvalue weighted by Crippen LogP contribution is -2.29. The smallest absolute Gasteiger partial charge is 0.352 e. The third-order valence-electron chi connectivity index (χ3n) is 2.24. The summed E-state index contributed by atoms with van der Waals surface area (Å²) in [5.41, 5.74) is 6.03. The fourth-order valence-corrected chi connectivity index (χ4v) is 1.36. The number of carbonyl (C=O) groups excluding carboxylic acids is 1. The van der Waals surface area contributed by atoms with Crippen molar-refractivity contribution in [3.8, 4) is 6.07 Å². The van der Waals surface area contributed by atoms with E-state index in [1.54, 1.807) is 0 Å². The highest BCUT2D eigenvalue weighted by atomic mass is 16.5. The maximum atomic E-state index is 11.5. The molecule has 0 heterocycles. The van der Waals surface area contributed by atoms with Crippen LogP contribution in [0.1, 0.15) is 0 Å². The van der Waals surface area contributed by atoms with Gasteiger partial charge in [-0.15, -0.1) is 0 Å². The summed E-state index contributed by atoms with van der Waals surface area (Å²) >= 11 is 0. The van der Waals surface area contributed by atoms with Crippen molar-refractivity contribution in [2.45, 2.75) is 0 Å². The van der Waals surface area contributed by atoms with Crippen LogP contribution in [0.5, 0.6) is 0 Å². The van der Waals surface area contributed by atoms with Crippen LogP contribution in [0, 0.1) is 11.3 Å². The lowest BCUT2D eigenvalue weighted by Gasteiger charge is -2.14. The van der Waals surface area contributed by atoms with Crippen LogP contribution in [-0.4, -0.2) is 26.2 Å². The van der Waals surface area contributed by atoms with E-state index in [0.29, 0.717) is 13.1 Å². The molecule has 1 aromatic rings. The number of ether oxygens (including phenoxy) is 1. The molecule has 0 saturated heterocycles. The van der Waals surface area contributed by atoms with E-state index in [1.807, 2.05) is 36.4 Å². The fraction of sp³-hybridized carbons (Fsp3) is 0.231. The van der Waals surface area contributed by atoms with E-state index >= 15 is 0 Å². The summed E-state index contributed by atoms with van der Waals surface area (Å²) < 4.78 is 4.57. The minimum Gasteiger partial charge on any atom is -0.465 e. The number of nitriles is 1. The number of para-hydroxylation sites is 1. The average Bonchev–Trinajstić information content (AvgIpc) is 2.46. The molecule has 0 amide bonds. The molecule has 0 bridgehead atoms. The van der Waals surface area contributed by atoms with E-state index in [4.69, 9.17) is 11.0 Å². The third kappa shape index (κ3) is 4.33. The van der Waals surface area contributed by atoms with Gasteiger partial charge in [0.05, 0.1) is 7.11 Å². The quantitative estimate of drug-likeness (QED) is 0.392. The van der Waals surface area contributed by atoms with Crippen molar-refractivity contribution < 1.29 is 9.53 Å². The Balaban J connectivity index is 3.03. The summed E-state index contributed by atoms with van der Waals surface area (Å²) in [6.07, 6.45) is 0. The van der Waals surface area contributed by atoms with E-state index in [-0.39, 0.29) is 11.4 Å². The topological polar surface area (TPSA) is 100 Å². The molecule has 4 N–H and O–H groups in total. The molecule has 1 aromatic carbocycles. The predicted molar refractivity (Wildman–Crippen MR) is 71.8 cm³/mol. The van der Waals surface area contributed by atoms with Gasteiger partial charge in [-0.3, -0.25) is 0 Å². The second kappa shape index (κ2) is 7.74. The minimum absolute atomic E-state index is 0.125. The van der Waals surface area contributed by atoms with Crippen LogP contribution in [0.2, 0.25) is 0 Å². The summed E-state index contributed by atoms with van der Waals surface area (Å²) in [5, 5.41) is 14.9. The van der Waals surface area contributed by atoms with Crippen LogP contribution in [0.25, 0.3) is 0 Å². The summed E-state index contributed by atoms with van der Waals surface area (Å²) in [5.74, 6) is -0.420. The molecule has 0 atom stereocenters. The Kier molecular flexibility index (Phi) is 5.92. The Hall–Kier alpha value is -2.52. The van der Waals surface area contributed by atoms with E-state index in [9.17, 15) is 4.79 Å². The SMILES string of the molecule is COC(=O)/C(C#N)=C(\NCCN)Nc1ccccc1. The van der Waals surface area contributed by atoms with Gasteiger partial charge in [-0.1, -0.05) is 18.2 Å². The van der Waals surface area contributed by atoms with E-state index in [2.05, 4.69) is 15.4 Å². The largest absolute Gasteiger partial charge is 0.465 e. The van der Waals surface area contributed by atoms with Crippen LogP contribution in [-0.2, 0) is 9.53 Å². The number of anilines is 1. The zero-order valence-electron chi connectivity index (χ0n) is 10.6. The Morgan fingerprint density at radius 3 is 2.63 bits per heavy atom. The van der Waals surface area contributed by atoms with Gasteiger partial charge in [0.25, 0.3) is 0 Å². The Labute approximate surface area is 111 Å². The van der Waals surface area contributed by atoms with Crippen molar-refractivity contribution in [1.29, 1.82) is 5.26 Å². The van der Waals surface area contributed by atoms with Gasteiger partial charge in [-0.05, 0) is 12.1 Å². The Morgan fingerprint density at radius 1 is 1.42 bits per heavy atom. The normalized spacial score (nSPS) is 11.0. The average molecular weight is 260 g/mol. The molecule has 0 radical (unpaired) electrons. The molecule has 0 spiro atoms. The lowest BCUT2D eigenvalue weighted by atomic mass is 10.2. The van der Waals surface area contributed by atoms with Gasteiger partial charge in [0.15, 0.2) is 5.57 Å². The third-order valence-corrected chi connectivity index (χ3v) is 2.24. The number of hydrogen-bond donors (Lipinski definition) is 3. The molecule has 1 rings (SSSR count). The van der Waals surface area contributed by atoms with Gasteiger partial charge in [0.1, 0.15) is 11.9 Å². The number of nitrogens with two attached hydrogens (primary N) is 1. The van der Waals surface area contributed by atoms with Crippen LogP contribution in [0.15, 0.2) is 41.7 Å². The highest BCUT2D eigenvalue weighted by Crippen LogP contribution is 2.11. The number of carbonyl (C=O) groups is 1. The highest BCUT2D eigenvalue weighted by molar-refractivity contribution is 5.94. The molecular formula is C13H16N4O2. The molecular weight excluding hydrogens is 244 g/mol. The number of rotatable bonds is 6. The predicted octanol–water partition coefficient (Wildman–Crippen LogP) is 0.555. The number of hydrogen-bond acceptors (Lipinski definition) is 6. The minimum atomic E-state index is -0.703. The van der Waals surface area contributed by atoms with Crippen molar-refractivity contribution in [3.63, 3.8) is 0 Å². The molecule has 0 aliphatic heterocycles. The van der Waals surface area contributed by atoms with Crippen LogP contribution in [0.3, 0.4) is 0 Å². The number of nitrogens with zero attached hydrogens (tertiary/aromatic N) is 1. The first-order valence-corrected chi connectivity index (χ1v) is 5.71. The first-order chi connectivity index (χ1) is 9.22. The molecule has 6 nitrogen and oxygen atoms in total. The first kappa shape index (κ1) is 14.5. The molecule has 0 aromatic heterocycles. The van der Waals surface area contributed by atoms with Crippen LogP contribution in [0.4, 0.5) is 5.69 Å². The number of nitrogens with one attached hydrogen (secondary N) is 2. The van der Waals surface area contributed by atoms with E-state index in [1.165, 1.54) is 7.11 Å². The van der Waals surface area contributed by atoms with Crippen molar-refractivity contribution in [2.75, 3.05) is 25.5 Å². The van der Waals surface area contributed by atoms with Crippen molar-refractivity contribution >= 4 is 11.7 Å². The Morgan fingerprint density at radius 2 is 2.11 bits per heavy atom. The Bertz CT molecular complexity index is 491. The standard InChI is InChI=1S/C13H16N4O2/c1-19-13(18)11(9-15)12(16-8-7-14)17-10-5-3-2-4-6-10/h2-6,16-17H,7-8,14H2,1H3/b12-11+. The molecule has 0 unspecified atom stereocenters. The lowest BCUT2D eigenvalue weighted by molar-refractivity contribution is -0.135. The summed E-state index contributed by atoms with van der Waals surface area (Å²) in [7, 11) is 1.22. The maximum absolute atomic E-state index is 11.5. The van der Waals surface area contributed by atoms with Gasteiger partial charge in [-0.2, -0.15) is 5.26 Å². The highest BCUT2D eigenvalue weighted by Gasteiger charge is 2.16. The summed E-state index contributed by atoms with van der Waals surface area (Å²) in [6, 6.07) is 11.0. The van der Waals surface area contributed by atoms with Crippen molar-refractivity contribution in [1.82, 2.24) is 5.32 Å². The molecule has 6 heteroatoms. The molecule has 19 heavy (non-hydrogen) atoms. The zero-order chi connectivity index (χ0) is 14.1. The molecule has 0 aliphatic carbocycles. The molecule has 0 saturated carbocycles. The van der Waals surface area contributed by atoms with Gasteiger partial charge < -0.3 is 21.1 Å². The van der Waals surface area contributed by atoms with Gasteiger partial charge in [-0.25, -0.2) is 4.79 Å². The number of benzene rings is 1. The van der Waals surface area contributed by atoms with Gasteiger partial charge in [0, 0.05) is 18.8 Å². The van der Waals surface area contributed by atoms with Crippen LogP contribution < -0.4 is 16.4 Å². The van der Waals surface area contributed by atoms with Crippen molar-refractivity contribution in [3.05, 3.63) is 41.7 Å². The fourth-order valence-electron chi connectivity index (χ4n) is 1.36. The monoisotopic (exact) mass is 260 g/mol. The maximum Gasteiger partial charge on any atom is 0.352 e. The first-order valence-electron chi connectivity index (χ1n) is 5.71. The van der Waals surface area contributed by atoms with Gasteiger partial charge >= 0.3 is 5.97 Å². The molecule has 0 fully saturated rings. The summed E-state index contributed by atoms with van der Waals surface area (Å²) in [6.45, 7) is 0.803. The molecule has 0 aliphatic rings. The summed E-state index contributed by atoms with van der Waals surface area (Å²) in [4.78, 5) is 11.5.